The minimum Gasteiger partial charge on any atom is -0.0760 e. The van der Waals surface area contributed by atoms with Gasteiger partial charge in [-0.3, -0.25) is 0 Å². The standard InChI is InChI=1S/C13H13/c1-10-7-8-13(11(2)9-10)12-5-3-4-6-12/h3-9H,1-2H3. The molecule has 2 rings (SSSR count). The quantitative estimate of drug-likeness (QED) is 0.604. The fourth-order valence-corrected chi connectivity index (χ4v) is 1.69. The Morgan fingerprint density at radius 2 is 1.85 bits per heavy atom. The first kappa shape index (κ1) is 8.31. The summed E-state index contributed by atoms with van der Waals surface area (Å²) in [5.41, 5.74) is 5.34. The van der Waals surface area contributed by atoms with Crippen LogP contribution in [0.15, 0.2) is 36.4 Å². The van der Waals surface area contributed by atoms with Crippen molar-refractivity contribution >= 4 is 5.57 Å². The third-order valence-corrected chi connectivity index (χ3v) is 2.36. The van der Waals surface area contributed by atoms with Crippen molar-refractivity contribution in [2.75, 3.05) is 0 Å². The molecule has 1 aromatic carbocycles. The van der Waals surface area contributed by atoms with Gasteiger partial charge in [0.25, 0.3) is 0 Å². The Balaban J connectivity index is 2.41. The zero-order valence-electron chi connectivity index (χ0n) is 8.04. The molecule has 0 atom stereocenters. The van der Waals surface area contributed by atoms with Crippen LogP contribution in [0.2, 0.25) is 0 Å². The first-order chi connectivity index (χ1) is 6.27. The van der Waals surface area contributed by atoms with Gasteiger partial charge in [-0.2, -0.15) is 0 Å². The Hall–Kier alpha value is -1.30. The number of aryl methyl sites for hydroxylation is 2. The highest BCUT2D eigenvalue weighted by Gasteiger charge is 2.05. The van der Waals surface area contributed by atoms with Crippen molar-refractivity contribution in [1.29, 1.82) is 0 Å². The van der Waals surface area contributed by atoms with Crippen LogP contribution in [-0.2, 0) is 0 Å². The molecule has 0 spiro atoms. The third-order valence-electron chi connectivity index (χ3n) is 2.36. The molecule has 0 N–H and O–H groups in total. The van der Waals surface area contributed by atoms with Gasteiger partial charge in [-0.1, -0.05) is 42.0 Å². The minimum absolute atomic E-state index is 1.32. The monoisotopic (exact) mass is 169 g/mol. The summed E-state index contributed by atoms with van der Waals surface area (Å²) < 4.78 is 0. The number of benzene rings is 1. The molecule has 13 heavy (non-hydrogen) atoms. The largest absolute Gasteiger partial charge is 0.0760 e. The fourth-order valence-electron chi connectivity index (χ4n) is 1.69. The van der Waals surface area contributed by atoms with Gasteiger partial charge in [-0.15, -0.1) is 0 Å². The Morgan fingerprint density at radius 1 is 1.00 bits per heavy atom. The first-order valence-corrected chi connectivity index (χ1v) is 4.57. The molecule has 0 unspecified atom stereocenters. The topological polar surface area (TPSA) is 0 Å². The summed E-state index contributed by atoms with van der Waals surface area (Å²) in [6.45, 7) is 4.29. The molecule has 0 nitrogen and oxygen atoms in total. The van der Waals surface area contributed by atoms with Crippen molar-refractivity contribution < 1.29 is 0 Å². The molecule has 0 heterocycles. The van der Waals surface area contributed by atoms with E-state index in [9.17, 15) is 0 Å². The van der Waals surface area contributed by atoms with Crippen LogP contribution in [0.5, 0.6) is 0 Å². The van der Waals surface area contributed by atoms with Gasteiger partial charge in [0.1, 0.15) is 0 Å². The van der Waals surface area contributed by atoms with Crippen molar-refractivity contribution in [1.82, 2.24) is 0 Å². The molecule has 1 aliphatic carbocycles. The zero-order valence-corrected chi connectivity index (χ0v) is 8.04. The summed E-state index contributed by atoms with van der Waals surface area (Å²) in [6, 6.07) is 6.58. The molecule has 0 aromatic heterocycles. The van der Waals surface area contributed by atoms with Gasteiger partial charge in [0.15, 0.2) is 0 Å². The van der Waals surface area contributed by atoms with Gasteiger partial charge in [0.05, 0.1) is 0 Å². The predicted molar refractivity (Wildman–Crippen MR) is 57.3 cm³/mol. The van der Waals surface area contributed by atoms with Crippen molar-refractivity contribution in [2.24, 2.45) is 0 Å². The summed E-state index contributed by atoms with van der Waals surface area (Å²) in [6.07, 6.45) is 8.46. The van der Waals surface area contributed by atoms with Crippen LogP contribution in [0.3, 0.4) is 0 Å². The molecular weight excluding hydrogens is 156 g/mol. The highest BCUT2D eigenvalue weighted by Crippen LogP contribution is 2.25. The summed E-state index contributed by atoms with van der Waals surface area (Å²) >= 11 is 0. The Morgan fingerprint density at radius 3 is 2.46 bits per heavy atom. The van der Waals surface area contributed by atoms with Crippen LogP contribution in [0.1, 0.15) is 16.7 Å². The lowest BCUT2D eigenvalue weighted by Crippen LogP contribution is -1.87. The van der Waals surface area contributed by atoms with E-state index >= 15 is 0 Å². The van der Waals surface area contributed by atoms with Gasteiger partial charge in [-0.25, -0.2) is 0 Å². The van der Waals surface area contributed by atoms with E-state index in [0.717, 1.165) is 0 Å². The molecule has 1 aliphatic rings. The second kappa shape index (κ2) is 3.21. The van der Waals surface area contributed by atoms with E-state index in [0.29, 0.717) is 0 Å². The van der Waals surface area contributed by atoms with Gasteiger partial charge in [0.2, 0.25) is 0 Å². The van der Waals surface area contributed by atoms with E-state index in [-0.39, 0.29) is 0 Å². The van der Waals surface area contributed by atoms with Crippen molar-refractivity contribution in [2.45, 2.75) is 13.8 Å². The summed E-state index contributed by atoms with van der Waals surface area (Å²) in [4.78, 5) is 0. The Bertz CT molecular complexity index is 381. The van der Waals surface area contributed by atoms with Crippen molar-refractivity contribution in [3.8, 4) is 0 Å². The SMILES string of the molecule is Cc1ccc(C2=CC=C[CH]2)c(C)c1. The van der Waals surface area contributed by atoms with Crippen LogP contribution < -0.4 is 0 Å². The van der Waals surface area contributed by atoms with Crippen LogP contribution in [0.25, 0.3) is 5.57 Å². The molecule has 0 amide bonds. The molecule has 0 saturated heterocycles. The first-order valence-electron chi connectivity index (χ1n) is 4.57. The van der Waals surface area contributed by atoms with E-state index < -0.39 is 0 Å². The van der Waals surface area contributed by atoms with Gasteiger partial charge in [-0.05, 0) is 30.5 Å². The number of hydrogen-bond acceptors (Lipinski definition) is 0. The van der Waals surface area contributed by atoms with E-state index in [2.05, 4.69) is 56.7 Å². The normalized spacial score (nSPS) is 14.8. The minimum atomic E-state index is 1.32. The number of rotatable bonds is 1. The smallest absolute Gasteiger partial charge is 0.0131 e. The van der Waals surface area contributed by atoms with E-state index in [4.69, 9.17) is 0 Å². The van der Waals surface area contributed by atoms with E-state index in [1.54, 1.807) is 0 Å². The molecule has 0 heteroatoms. The van der Waals surface area contributed by atoms with Crippen LogP contribution in [0, 0.1) is 20.3 Å². The van der Waals surface area contributed by atoms with Crippen LogP contribution >= 0.6 is 0 Å². The molecular formula is C13H13. The van der Waals surface area contributed by atoms with Crippen LogP contribution in [0.4, 0.5) is 0 Å². The van der Waals surface area contributed by atoms with Gasteiger partial charge in [0, 0.05) is 6.42 Å². The second-order valence-electron chi connectivity index (χ2n) is 3.49. The lowest BCUT2D eigenvalue weighted by Gasteiger charge is -2.06. The lowest BCUT2D eigenvalue weighted by molar-refractivity contribution is 1.36. The zero-order chi connectivity index (χ0) is 9.26. The molecule has 0 fully saturated rings. The highest BCUT2D eigenvalue weighted by molar-refractivity contribution is 5.79. The maximum Gasteiger partial charge on any atom is 0.0131 e. The maximum absolute atomic E-state index is 2.22. The average molecular weight is 169 g/mol. The fraction of sp³-hybridized carbons (Fsp3) is 0.154. The number of allylic oxidation sites excluding steroid dienone is 4. The van der Waals surface area contributed by atoms with Gasteiger partial charge >= 0.3 is 0 Å². The molecule has 1 aromatic rings. The molecule has 1 radical (unpaired) electrons. The second-order valence-corrected chi connectivity index (χ2v) is 3.49. The van der Waals surface area contributed by atoms with Crippen molar-refractivity contribution in [3.05, 3.63) is 59.5 Å². The average Bonchev–Trinajstić information content (AvgIpc) is 2.56. The highest BCUT2D eigenvalue weighted by atomic mass is 14.1. The Labute approximate surface area is 79.6 Å². The molecule has 0 saturated carbocycles. The van der Waals surface area contributed by atoms with E-state index in [1.165, 1.54) is 22.3 Å². The van der Waals surface area contributed by atoms with Gasteiger partial charge < -0.3 is 0 Å². The molecule has 0 bridgehead atoms. The maximum atomic E-state index is 2.22. The summed E-state index contributed by atoms with van der Waals surface area (Å²) in [5, 5.41) is 0. The van der Waals surface area contributed by atoms with Crippen LogP contribution in [-0.4, -0.2) is 0 Å². The number of hydrogen-bond donors (Lipinski definition) is 0. The Kier molecular flexibility index (Phi) is 2.05. The molecule has 0 aliphatic heterocycles. The lowest BCUT2D eigenvalue weighted by atomic mass is 9.98. The van der Waals surface area contributed by atoms with E-state index in [1.807, 2.05) is 0 Å². The predicted octanol–water partition coefficient (Wildman–Crippen LogP) is 3.46. The third kappa shape index (κ3) is 1.57. The summed E-state index contributed by atoms with van der Waals surface area (Å²) in [7, 11) is 0. The van der Waals surface area contributed by atoms with Crippen molar-refractivity contribution in [3.63, 3.8) is 0 Å². The molecule has 65 valence electrons. The summed E-state index contributed by atoms with van der Waals surface area (Å²) in [5.74, 6) is 0.